The van der Waals surface area contributed by atoms with Crippen LogP contribution in [-0.4, -0.2) is 69.6 Å². The number of ether oxygens (including phenoxy) is 2. The van der Waals surface area contributed by atoms with E-state index in [2.05, 4.69) is 24.1 Å². The van der Waals surface area contributed by atoms with Gasteiger partial charge < -0.3 is 14.8 Å². The average molecular weight is 430 g/mol. The molecule has 3 N–H and O–H groups in total. The summed E-state index contributed by atoms with van der Waals surface area (Å²) in [7, 11) is -4.10. The number of sulfonamides is 1. The van der Waals surface area contributed by atoms with Crippen LogP contribution in [0.3, 0.4) is 0 Å². The lowest BCUT2D eigenvalue weighted by molar-refractivity contribution is -0.386. The molecule has 29 heavy (non-hydrogen) atoms. The fourth-order valence-electron chi connectivity index (χ4n) is 2.95. The van der Waals surface area contributed by atoms with Crippen molar-refractivity contribution in [2.24, 2.45) is 11.1 Å². The van der Waals surface area contributed by atoms with Gasteiger partial charge in [0.1, 0.15) is 0 Å². The van der Waals surface area contributed by atoms with E-state index in [9.17, 15) is 23.3 Å². The molecule has 1 heterocycles. The summed E-state index contributed by atoms with van der Waals surface area (Å²) in [4.78, 5) is 24.2. The molecule has 1 aromatic rings. The molecule has 11 nitrogen and oxygen atoms in total. The molecule has 1 amide bonds. The van der Waals surface area contributed by atoms with Gasteiger partial charge in [0, 0.05) is 32.2 Å². The van der Waals surface area contributed by atoms with Gasteiger partial charge in [-0.25, -0.2) is 13.6 Å². The van der Waals surface area contributed by atoms with E-state index >= 15 is 0 Å². The minimum atomic E-state index is -4.10. The molecule has 0 saturated carbocycles. The summed E-state index contributed by atoms with van der Waals surface area (Å²) in [6.45, 7) is 7.21. The normalized spacial score (nSPS) is 17.9. The number of rotatable bonds is 9. The summed E-state index contributed by atoms with van der Waals surface area (Å²) in [5.41, 5.74) is -0.593. The predicted molar refractivity (Wildman–Crippen MR) is 104 cm³/mol. The van der Waals surface area contributed by atoms with E-state index in [1.54, 1.807) is 0 Å². The highest BCUT2D eigenvalue weighted by Gasteiger charge is 2.23. The van der Waals surface area contributed by atoms with Crippen molar-refractivity contribution < 1.29 is 27.6 Å². The van der Waals surface area contributed by atoms with E-state index in [0.29, 0.717) is 25.6 Å². The average Bonchev–Trinajstić information content (AvgIpc) is 2.63. The number of nitrogens with one attached hydrogen (secondary N) is 1. The molecule has 1 aliphatic heterocycles. The highest BCUT2D eigenvalue weighted by atomic mass is 32.2. The van der Waals surface area contributed by atoms with Gasteiger partial charge in [-0.3, -0.25) is 19.8 Å². The number of benzene rings is 1. The van der Waals surface area contributed by atoms with Gasteiger partial charge in [-0.1, -0.05) is 13.8 Å². The number of hydrogen-bond acceptors (Lipinski definition) is 8. The quantitative estimate of drug-likeness (QED) is 0.413. The van der Waals surface area contributed by atoms with Crippen molar-refractivity contribution in [3.63, 3.8) is 0 Å². The molecule has 0 aliphatic carbocycles. The van der Waals surface area contributed by atoms with Gasteiger partial charge in [0.25, 0.3) is 5.91 Å². The van der Waals surface area contributed by atoms with Gasteiger partial charge in [-0.05, 0) is 18.1 Å². The largest absolute Gasteiger partial charge is 0.477 e. The van der Waals surface area contributed by atoms with Crippen molar-refractivity contribution in [3.05, 3.63) is 28.3 Å². The maximum absolute atomic E-state index is 12.0. The third kappa shape index (κ3) is 7.24. The summed E-state index contributed by atoms with van der Waals surface area (Å²) < 4.78 is 33.5. The zero-order valence-corrected chi connectivity index (χ0v) is 17.2. The number of carbonyl (C=O) groups is 1. The lowest BCUT2D eigenvalue weighted by atomic mass is 10.2. The Balaban J connectivity index is 1.88. The fraction of sp³-hybridized carbons (Fsp3) is 0.588. The molecule has 2 rings (SSSR count). The molecule has 12 heteroatoms. The minimum absolute atomic E-state index is 0.144. The van der Waals surface area contributed by atoms with Crippen LogP contribution in [-0.2, 0) is 19.6 Å². The Morgan fingerprint density at radius 2 is 2.21 bits per heavy atom. The zero-order chi connectivity index (χ0) is 21.6. The number of nitro benzene ring substituents is 1. The topological polar surface area (TPSA) is 154 Å². The molecule has 0 bridgehead atoms. The van der Waals surface area contributed by atoms with Crippen LogP contribution < -0.4 is 15.2 Å². The Labute approximate surface area is 169 Å². The van der Waals surface area contributed by atoms with Crippen LogP contribution in [0.5, 0.6) is 5.75 Å². The summed E-state index contributed by atoms with van der Waals surface area (Å²) in [5, 5.41) is 18.8. The third-order valence-corrected chi connectivity index (χ3v) is 5.10. The van der Waals surface area contributed by atoms with Crippen LogP contribution in [0.25, 0.3) is 0 Å². The first-order valence-corrected chi connectivity index (χ1v) is 10.7. The number of amides is 1. The SMILES string of the molecule is CC(C)CN1CCOC(CNC(=O)COc2ccc(S(N)(=O)=O)cc2[N+](=O)[O-])C1. The number of morpholine rings is 1. The highest BCUT2D eigenvalue weighted by Crippen LogP contribution is 2.29. The molecule has 0 radical (unpaired) electrons. The predicted octanol–water partition coefficient (Wildman–Crippen LogP) is 0.0940. The van der Waals surface area contributed by atoms with Crippen LogP contribution in [0.4, 0.5) is 5.69 Å². The summed E-state index contributed by atoms with van der Waals surface area (Å²) >= 11 is 0. The summed E-state index contributed by atoms with van der Waals surface area (Å²) in [6.07, 6.45) is -0.144. The van der Waals surface area contributed by atoms with Gasteiger partial charge in [-0.2, -0.15) is 0 Å². The summed E-state index contributed by atoms with van der Waals surface area (Å²) in [5.74, 6) is -0.165. The zero-order valence-electron chi connectivity index (χ0n) is 16.4. The van der Waals surface area contributed by atoms with E-state index in [4.69, 9.17) is 14.6 Å². The van der Waals surface area contributed by atoms with Gasteiger partial charge in [0.05, 0.1) is 22.5 Å². The van der Waals surface area contributed by atoms with E-state index < -0.39 is 38.0 Å². The van der Waals surface area contributed by atoms with E-state index in [0.717, 1.165) is 31.3 Å². The third-order valence-electron chi connectivity index (χ3n) is 4.19. The number of hydrogen-bond donors (Lipinski definition) is 2. The molecule has 1 aromatic carbocycles. The van der Waals surface area contributed by atoms with Crippen molar-refractivity contribution >= 4 is 21.6 Å². The van der Waals surface area contributed by atoms with E-state index in [-0.39, 0.29) is 11.9 Å². The number of carbonyl (C=O) groups excluding carboxylic acids is 1. The smallest absolute Gasteiger partial charge is 0.312 e. The van der Waals surface area contributed by atoms with Gasteiger partial charge in [-0.15, -0.1) is 0 Å². The van der Waals surface area contributed by atoms with Crippen LogP contribution >= 0.6 is 0 Å². The number of nitrogens with zero attached hydrogens (tertiary/aromatic N) is 2. The number of nitro groups is 1. The van der Waals surface area contributed by atoms with E-state index in [1.165, 1.54) is 0 Å². The lowest BCUT2D eigenvalue weighted by Gasteiger charge is -2.33. The molecular formula is C17H26N4O7S. The standard InChI is InChI=1S/C17H26N4O7S/c1-12(2)9-20-5-6-27-13(10-20)8-19-17(22)11-28-16-4-3-14(29(18,25)26)7-15(16)21(23)24/h3-4,7,12-13H,5-6,8-11H2,1-2H3,(H,19,22)(H2,18,25,26). The second-order valence-corrected chi connectivity index (χ2v) is 8.73. The highest BCUT2D eigenvalue weighted by molar-refractivity contribution is 7.89. The van der Waals surface area contributed by atoms with Crippen molar-refractivity contribution in [2.75, 3.05) is 39.4 Å². The molecular weight excluding hydrogens is 404 g/mol. The van der Waals surface area contributed by atoms with Crippen LogP contribution in [0, 0.1) is 16.0 Å². The van der Waals surface area contributed by atoms with Crippen molar-refractivity contribution in [2.45, 2.75) is 24.8 Å². The fourth-order valence-corrected chi connectivity index (χ4v) is 3.48. The van der Waals surface area contributed by atoms with Crippen molar-refractivity contribution in [3.8, 4) is 5.75 Å². The molecule has 1 fully saturated rings. The Bertz CT molecular complexity index is 844. The first-order valence-electron chi connectivity index (χ1n) is 9.11. The number of nitrogens with two attached hydrogens (primary N) is 1. The van der Waals surface area contributed by atoms with Crippen LogP contribution in [0.15, 0.2) is 23.1 Å². The molecule has 0 aromatic heterocycles. The Hall–Kier alpha value is -2.28. The first kappa shape index (κ1) is 23.0. The monoisotopic (exact) mass is 430 g/mol. The maximum atomic E-state index is 12.0. The summed E-state index contributed by atoms with van der Waals surface area (Å²) in [6, 6.07) is 2.97. The van der Waals surface area contributed by atoms with E-state index in [1.807, 2.05) is 0 Å². The molecule has 1 aliphatic rings. The Morgan fingerprint density at radius 1 is 1.48 bits per heavy atom. The first-order chi connectivity index (χ1) is 13.6. The Kier molecular flexibility index (Phi) is 7.90. The molecule has 1 unspecified atom stereocenters. The molecule has 162 valence electrons. The lowest BCUT2D eigenvalue weighted by Crippen LogP contribution is -2.48. The Morgan fingerprint density at radius 3 is 2.83 bits per heavy atom. The molecule has 1 saturated heterocycles. The van der Waals surface area contributed by atoms with Gasteiger partial charge >= 0.3 is 5.69 Å². The van der Waals surface area contributed by atoms with Crippen LogP contribution in [0.2, 0.25) is 0 Å². The maximum Gasteiger partial charge on any atom is 0.312 e. The molecule has 0 spiro atoms. The van der Waals surface area contributed by atoms with Gasteiger partial charge in [0.15, 0.2) is 12.4 Å². The second kappa shape index (κ2) is 9.96. The van der Waals surface area contributed by atoms with Crippen molar-refractivity contribution in [1.29, 1.82) is 0 Å². The molecule has 1 atom stereocenters. The minimum Gasteiger partial charge on any atom is -0.477 e. The second-order valence-electron chi connectivity index (χ2n) is 7.17. The van der Waals surface area contributed by atoms with Crippen molar-refractivity contribution in [1.82, 2.24) is 10.2 Å². The van der Waals surface area contributed by atoms with Gasteiger partial charge in [0.2, 0.25) is 10.0 Å². The number of primary sulfonamides is 1. The van der Waals surface area contributed by atoms with Crippen LogP contribution in [0.1, 0.15) is 13.8 Å².